The van der Waals surface area contributed by atoms with Gasteiger partial charge in [-0.3, -0.25) is 4.68 Å². The van der Waals surface area contributed by atoms with Crippen molar-refractivity contribution in [2.24, 2.45) is 0 Å². The van der Waals surface area contributed by atoms with Crippen molar-refractivity contribution in [3.8, 4) is 0 Å². The van der Waals surface area contributed by atoms with Crippen LogP contribution in [0.1, 0.15) is 19.8 Å². The van der Waals surface area contributed by atoms with Crippen molar-refractivity contribution in [1.82, 2.24) is 15.1 Å². The van der Waals surface area contributed by atoms with E-state index in [-0.39, 0.29) is 0 Å². The predicted molar refractivity (Wildman–Crippen MR) is 50.0 cm³/mol. The monoisotopic (exact) mass is 167 g/mol. The third-order valence-electron chi connectivity index (χ3n) is 1.78. The van der Waals surface area contributed by atoms with E-state index in [0.717, 1.165) is 19.6 Å². The fraction of sp³-hybridized carbons (Fsp3) is 0.667. The highest BCUT2D eigenvalue weighted by molar-refractivity contribution is 4.77. The summed E-state index contributed by atoms with van der Waals surface area (Å²) in [6.07, 6.45) is 6.32. The molecule has 68 valence electrons. The Bertz CT molecular complexity index is 182. The van der Waals surface area contributed by atoms with Gasteiger partial charge in [0.25, 0.3) is 0 Å². The fourth-order valence-electron chi connectivity index (χ4n) is 1.05. The number of hydrogen-bond donors (Lipinski definition) is 1. The molecule has 1 aromatic rings. The second kappa shape index (κ2) is 5.77. The summed E-state index contributed by atoms with van der Waals surface area (Å²) in [4.78, 5) is 0. The average molecular weight is 167 g/mol. The summed E-state index contributed by atoms with van der Waals surface area (Å²) in [6, 6.07) is 1.95. The molecule has 12 heavy (non-hydrogen) atoms. The zero-order valence-electron chi connectivity index (χ0n) is 7.66. The van der Waals surface area contributed by atoms with E-state index in [0.29, 0.717) is 0 Å². The van der Waals surface area contributed by atoms with E-state index < -0.39 is 0 Å². The molecule has 0 spiro atoms. The molecular formula is C9H17N3. The summed E-state index contributed by atoms with van der Waals surface area (Å²) in [5.74, 6) is 0. The van der Waals surface area contributed by atoms with Crippen molar-refractivity contribution in [2.75, 3.05) is 13.1 Å². The Morgan fingerprint density at radius 1 is 1.42 bits per heavy atom. The van der Waals surface area contributed by atoms with Gasteiger partial charge < -0.3 is 5.32 Å². The van der Waals surface area contributed by atoms with Gasteiger partial charge in [0, 0.05) is 18.9 Å². The first-order valence-electron chi connectivity index (χ1n) is 4.61. The normalized spacial score (nSPS) is 10.4. The Morgan fingerprint density at radius 2 is 2.33 bits per heavy atom. The maximum Gasteiger partial charge on any atom is 0.0533 e. The smallest absolute Gasteiger partial charge is 0.0533 e. The average Bonchev–Trinajstić information content (AvgIpc) is 2.57. The van der Waals surface area contributed by atoms with Crippen LogP contribution < -0.4 is 5.32 Å². The Hall–Kier alpha value is -0.830. The molecule has 1 heterocycles. The second-order valence-electron chi connectivity index (χ2n) is 2.87. The van der Waals surface area contributed by atoms with Crippen LogP contribution in [0.25, 0.3) is 0 Å². The van der Waals surface area contributed by atoms with E-state index in [2.05, 4.69) is 17.3 Å². The third kappa shape index (κ3) is 3.53. The van der Waals surface area contributed by atoms with E-state index in [4.69, 9.17) is 0 Å². The van der Waals surface area contributed by atoms with Crippen LogP contribution in [0.3, 0.4) is 0 Å². The zero-order chi connectivity index (χ0) is 8.65. The van der Waals surface area contributed by atoms with Crippen molar-refractivity contribution in [3.63, 3.8) is 0 Å². The van der Waals surface area contributed by atoms with Crippen molar-refractivity contribution in [2.45, 2.75) is 26.3 Å². The van der Waals surface area contributed by atoms with Crippen molar-refractivity contribution in [1.29, 1.82) is 0 Å². The lowest BCUT2D eigenvalue weighted by Crippen LogP contribution is -2.21. The van der Waals surface area contributed by atoms with Gasteiger partial charge in [-0.15, -0.1) is 0 Å². The first kappa shape index (κ1) is 9.26. The van der Waals surface area contributed by atoms with Crippen LogP contribution in [0, 0.1) is 0 Å². The Kier molecular flexibility index (Phi) is 4.46. The first-order chi connectivity index (χ1) is 5.93. The molecule has 3 nitrogen and oxygen atoms in total. The fourth-order valence-corrected chi connectivity index (χ4v) is 1.05. The number of rotatable bonds is 6. The molecule has 0 radical (unpaired) electrons. The molecule has 1 N–H and O–H groups in total. The first-order valence-corrected chi connectivity index (χ1v) is 4.61. The molecule has 0 unspecified atom stereocenters. The van der Waals surface area contributed by atoms with Crippen LogP contribution in [0.5, 0.6) is 0 Å². The molecular weight excluding hydrogens is 150 g/mol. The molecule has 0 fully saturated rings. The molecule has 3 heteroatoms. The van der Waals surface area contributed by atoms with E-state index in [1.54, 1.807) is 0 Å². The second-order valence-corrected chi connectivity index (χ2v) is 2.87. The lowest BCUT2D eigenvalue weighted by atomic mass is 10.3. The molecule has 1 aromatic heterocycles. The number of aromatic nitrogens is 2. The molecule has 0 bridgehead atoms. The number of nitrogens with one attached hydrogen (secondary N) is 1. The molecule has 0 aliphatic carbocycles. The summed E-state index contributed by atoms with van der Waals surface area (Å²) in [5, 5.41) is 7.47. The minimum absolute atomic E-state index is 0.969. The minimum Gasteiger partial charge on any atom is -0.315 e. The van der Waals surface area contributed by atoms with Gasteiger partial charge in [-0.1, -0.05) is 13.3 Å². The SMILES string of the molecule is CCCCNCCn1cccn1. The van der Waals surface area contributed by atoms with Crippen LogP contribution in [0.15, 0.2) is 18.5 Å². The van der Waals surface area contributed by atoms with Crippen LogP contribution in [0.2, 0.25) is 0 Å². The van der Waals surface area contributed by atoms with Crippen LogP contribution >= 0.6 is 0 Å². The largest absolute Gasteiger partial charge is 0.315 e. The van der Waals surface area contributed by atoms with Gasteiger partial charge in [-0.05, 0) is 19.0 Å². The van der Waals surface area contributed by atoms with E-state index in [9.17, 15) is 0 Å². The highest BCUT2D eigenvalue weighted by Gasteiger charge is 1.88. The molecule has 1 rings (SSSR count). The summed E-state index contributed by atoms with van der Waals surface area (Å²) in [6.45, 7) is 5.31. The van der Waals surface area contributed by atoms with Crippen molar-refractivity contribution >= 4 is 0 Å². The van der Waals surface area contributed by atoms with Gasteiger partial charge in [-0.2, -0.15) is 5.10 Å². The quantitative estimate of drug-likeness (QED) is 0.647. The highest BCUT2D eigenvalue weighted by atomic mass is 15.3. The standard InChI is InChI=1S/C9H17N3/c1-2-3-5-10-7-9-12-8-4-6-11-12/h4,6,8,10H,2-3,5,7,9H2,1H3. The zero-order valence-corrected chi connectivity index (χ0v) is 7.66. The summed E-state index contributed by atoms with van der Waals surface area (Å²) in [7, 11) is 0. The van der Waals surface area contributed by atoms with Gasteiger partial charge in [-0.25, -0.2) is 0 Å². The summed E-state index contributed by atoms with van der Waals surface area (Å²) >= 11 is 0. The van der Waals surface area contributed by atoms with Gasteiger partial charge in [0.1, 0.15) is 0 Å². The van der Waals surface area contributed by atoms with Gasteiger partial charge in [0.2, 0.25) is 0 Å². The highest BCUT2D eigenvalue weighted by Crippen LogP contribution is 1.84. The number of unbranched alkanes of at least 4 members (excludes halogenated alkanes) is 1. The van der Waals surface area contributed by atoms with E-state index in [1.165, 1.54) is 12.8 Å². The van der Waals surface area contributed by atoms with E-state index in [1.807, 2.05) is 23.1 Å². The Labute approximate surface area is 73.8 Å². The Morgan fingerprint density at radius 3 is 3.00 bits per heavy atom. The number of hydrogen-bond acceptors (Lipinski definition) is 2. The molecule has 0 atom stereocenters. The predicted octanol–water partition coefficient (Wildman–Crippen LogP) is 1.27. The van der Waals surface area contributed by atoms with E-state index >= 15 is 0 Å². The van der Waals surface area contributed by atoms with Gasteiger partial charge in [0.05, 0.1) is 6.54 Å². The molecule has 0 saturated heterocycles. The lowest BCUT2D eigenvalue weighted by molar-refractivity contribution is 0.545. The number of nitrogens with zero attached hydrogens (tertiary/aromatic N) is 2. The van der Waals surface area contributed by atoms with Crippen molar-refractivity contribution in [3.05, 3.63) is 18.5 Å². The lowest BCUT2D eigenvalue weighted by Gasteiger charge is -2.03. The maximum atomic E-state index is 4.11. The maximum absolute atomic E-state index is 4.11. The van der Waals surface area contributed by atoms with Gasteiger partial charge >= 0.3 is 0 Å². The minimum atomic E-state index is 0.969. The third-order valence-corrected chi connectivity index (χ3v) is 1.78. The Balaban J connectivity index is 1.96. The van der Waals surface area contributed by atoms with Crippen LogP contribution in [-0.4, -0.2) is 22.9 Å². The summed E-state index contributed by atoms with van der Waals surface area (Å²) in [5.41, 5.74) is 0. The molecule has 0 aromatic carbocycles. The van der Waals surface area contributed by atoms with Crippen LogP contribution in [-0.2, 0) is 6.54 Å². The molecule has 0 amide bonds. The van der Waals surface area contributed by atoms with Crippen molar-refractivity contribution < 1.29 is 0 Å². The molecule has 0 saturated carbocycles. The van der Waals surface area contributed by atoms with Gasteiger partial charge in [0.15, 0.2) is 0 Å². The molecule has 0 aliphatic heterocycles. The van der Waals surface area contributed by atoms with Crippen LogP contribution in [0.4, 0.5) is 0 Å². The summed E-state index contributed by atoms with van der Waals surface area (Å²) < 4.78 is 1.94. The molecule has 0 aliphatic rings. The topological polar surface area (TPSA) is 29.9 Å².